The van der Waals surface area contributed by atoms with Crippen molar-refractivity contribution in [1.29, 1.82) is 0 Å². The van der Waals surface area contributed by atoms with E-state index in [0.717, 1.165) is 6.07 Å². The summed E-state index contributed by atoms with van der Waals surface area (Å²) in [6.45, 7) is 5.68. The summed E-state index contributed by atoms with van der Waals surface area (Å²) in [6, 6.07) is 4.85. The van der Waals surface area contributed by atoms with Gasteiger partial charge in [0, 0.05) is 30.3 Å². The number of hydrogen-bond acceptors (Lipinski definition) is 2. The molecule has 1 amide bonds. The molecule has 0 saturated heterocycles. The van der Waals surface area contributed by atoms with Crippen LogP contribution in [0.25, 0.3) is 11.1 Å². The van der Waals surface area contributed by atoms with E-state index in [1.54, 1.807) is 26.8 Å². The van der Waals surface area contributed by atoms with Crippen LogP contribution in [-0.4, -0.2) is 19.6 Å². The van der Waals surface area contributed by atoms with E-state index in [4.69, 9.17) is 16.3 Å². The van der Waals surface area contributed by atoms with Gasteiger partial charge in [-0.05, 0) is 55.7 Å². The summed E-state index contributed by atoms with van der Waals surface area (Å²) >= 11 is 6.30. The largest absolute Gasteiger partial charge is 0.377 e. The number of methoxy groups -OCH3 is 1. The zero-order chi connectivity index (χ0) is 18.7. The fraction of sp³-hybridized carbons (Fsp3) is 0.316. The molecule has 2 aromatic carbocycles. The van der Waals surface area contributed by atoms with Gasteiger partial charge in [0.1, 0.15) is 11.6 Å². The van der Waals surface area contributed by atoms with Crippen molar-refractivity contribution in [2.45, 2.75) is 26.9 Å². The number of hydrogen-bond donors (Lipinski definition) is 1. The van der Waals surface area contributed by atoms with Gasteiger partial charge in [-0.15, -0.1) is 0 Å². The van der Waals surface area contributed by atoms with Crippen LogP contribution in [0.4, 0.5) is 8.78 Å². The second-order valence-electron chi connectivity index (χ2n) is 5.72. The maximum atomic E-state index is 13.8. The molecule has 0 fully saturated rings. The number of carbonyl (C=O) groups excluding carboxylic acids is 1. The normalized spacial score (nSPS) is 12.1. The fourth-order valence-corrected chi connectivity index (χ4v) is 2.97. The highest BCUT2D eigenvalue weighted by Gasteiger charge is 2.24. The molecular weight excluding hydrogens is 348 g/mol. The molecule has 1 atom stereocenters. The third-order valence-corrected chi connectivity index (χ3v) is 4.45. The molecule has 2 aromatic rings. The minimum Gasteiger partial charge on any atom is -0.377 e. The topological polar surface area (TPSA) is 38.3 Å². The minimum atomic E-state index is -0.722. The average Bonchev–Trinajstić information content (AvgIpc) is 2.55. The molecule has 2 rings (SSSR count). The predicted molar refractivity (Wildman–Crippen MR) is 95.0 cm³/mol. The summed E-state index contributed by atoms with van der Waals surface area (Å²) in [5.74, 6) is -1.80. The van der Waals surface area contributed by atoms with Crippen molar-refractivity contribution in [3.63, 3.8) is 0 Å². The minimum absolute atomic E-state index is 0.261. The lowest BCUT2D eigenvalue weighted by atomic mass is 9.88. The molecular formula is C19H20ClF2NO2. The smallest absolute Gasteiger partial charge is 0.252 e. The Bertz CT molecular complexity index is 788. The molecule has 0 saturated carbocycles. The summed E-state index contributed by atoms with van der Waals surface area (Å²) in [6.07, 6.45) is -0.424. The Morgan fingerprint density at radius 3 is 2.36 bits per heavy atom. The first kappa shape index (κ1) is 19.3. The van der Waals surface area contributed by atoms with Gasteiger partial charge < -0.3 is 10.1 Å². The Morgan fingerprint density at radius 2 is 1.84 bits per heavy atom. The van der Waals surface area contributed by atoms with Crippen molar-refractivity contribution in [3.05, 3.63) is 57.6 Å². The first-order chi connectivity index (χ1) is 11.8. The van der Waals surface area contributed by atoms with Crippen LogP contribution in [-0.2, 0) is 4.74 Å². The summed E-state index contributed by atoms with van der Waals surface area (Å²) in [7, 11) is 1.51. The maximum Gasteiger partial charge on any atom is 0.252 e. The summed E-state index contributed by atoms with van der Waals surface area (Å²) in [4.78, 5) is 12.6. The fourth-order valence-electron chi connectivity index (χ4n) is 2.76. The molecule has 0 aromatic heterocycles. The number of halogens is 3. The highest BCUT2D eigenvalue weighted by Crippen LogP contribution is 2.38. The lowest BCUT2D eigenvalue weighted by Gasteiger charge is -2.22. The van der Waals surface area contributed by atoms with Crippen LogP contribution in [0.5, 0.6) is 0 Å². The van der Waals surface area contributed by atoms with Gasteiger partial charge in [0.05, 0.1) is 11.7 Å². The van der Waals surface area contributed by atoms with Crippen LogP contribution in [0.1, 0.15) is 41.4 Å². The van der Waals surface area contributed by atoms with Gasteiger partial charge in [0.2, 0.25) is 0 Å². The number of ether oxygens (including phenoxy) is 1. The van der Waals surface area contributed by atoms with Gasteiger partial charge in [-0.3, -0.25) is 4.79 Å². The third kappa shape index (κ3) is 3.99. The molecule has 1 N–H and O–H groups in total. The van der Waals surface area contributed by atoms with Crippen LogP contribution in [0.2, 0.25) is 5.02 Å². The number of amides is 1. The van der Waals surface area contributed by atoms with Crippen molar-refractivity contribution in [2.24, 2.45) is 0 Å². The zero-order valence-electron chi connectivity index (χ0n) is 14.5. The van der Waals surface area contributed by atoms with Gasteiger partial charge in [-0.2, -0.15) is 0 Å². The predicted octanol–water partition coefficient (Wildman–Crippen LogP) is 5.05. The van der Waals surface area contributed by atoms with Gasteiger partial charge >= 0.3 is 0 Å². The highest BCUT2D eigenvalue weighted by atomic mass is 35.5. The molecule has 0 aliphatic rings. The molecule has 3 nitrogen and oxygen atoms in total. The van der Waals surface area contributed by atoms with E-state index in [0.29, 0.717) is 33.8 Å². The lowest BCUT2D eigenvalue weighted by Crippen LogP contribution is -2.25. The standard InChI is InChI=1S/C19H20ClF2NO2/c1-5-23-19(24)17-10(2)16(20)9-15(11(3)25-4)18(17)12-6-13(21)8-14(22)7-12/h6-9,11H,5H2,1-4H3,(H,23,24). The van der Waals surface area contributed by atoms with Crippen LogP contribution < -0.4 is 5.32 Å². The average molecular weight is 368 g/mol. The molecule has 25 heavy (non-hydrogen) atoms. The molecule has 1 unspecified atom stereocenters. The quantitative estimate of drug-likeness (QED) is 0.803. The van der Waals surface area contributed by atoms with Crippen molar-refractivity contribution in [1.82, 2.24) is 5.32 Å². The van der Waals surface area contributed by atoms with Gasteiger partial charge in [-0.25, -0.2) is 8.78 Å². The molecule has 0 bridgehead atoms. The molecule has 134 valence electrons. The van der Waals surface area contributed by atoms with Gasteiger partial charge in [-0.1, -0.05) is 11.6 Å². The van der Waals surface area contributed by atoms with E-state index in [1.165, 1.54) is 19.2 Å². The van der Waals surface area contributed by atoms with Crippen molar-refractivity contribution in [3.8, 4) is 11.1 Å². The number of nitrogens with one attached hydrogen (secondary N) is 1. The van der Waals surface area contributed by atoms with Crippen LogP contribution >= 0.6 is 11.6 Å². The monoisotopic (exact) mass is 367 g/mol. The van der Waals surface area contributed by atoms with E-state index in [-0.39, 0.29) is 11.5 Å². The number of benzene rings is 2. The Morgan fingerprint density at radius 1 is 1.24 bits per heavy atom. The summed E-state index contributed by atoms with van der Waals surface area (Å²) in [5, 5.41) is 3.12. The molecule has 0 aliphatic carbocycles. The van der Waals surface area contributed by atoms with Gasteiger partial charge in [0.25, 0.3) is 5.91 Å². The lowest BCUT2D eigenvalue weighted by molar-refractivity contribution is 0.0955. The van der Waals surface area contributed by atoms with Crippen molar-refractivity contribution < 1.29 is 18.3 Å². The Kier molecular flexibility index (Phi) is 6.14. The molecule has 0 radical (unpaired) electrons. The Hall–Kier alpha value is -1.98. The van der Waals surface area contributed by atoms with E-state index < -0.39 is 17.7 Å². The van der Waals surface area contributed by atoms with E-state index in [9.17, 15) is 13.6 Å². The second kappa shape index (κ2) is 7.93. The van der Waals surface area contributed by atoms with E-state index >= 15 is 0 Å². The van der Waals surface area contributed by atoms with Crippen LogP contribution in [0, 0.1) is 18.6 Å². The number of rotatable bonds is 5. The molecule has 0 aliphatic heterocycles. The van der Waals surface area contributed by atoms with Crippen LogP contribution in [0.3, 0.4) is 0 Å². The molecule has 0 spiro atoms. The first-order valence-corrected chi connectivity index (χ1v) is 8.28. The van der Waals surface area contributed by atoms with E-state index in [1.807, 2.05) is 0 Å². The maximum absolute atomic E-state index is 13.8. The van der Waals surface area contributed by atoms with Crippen molar-refractivity contribution >= 4 is 17.5 Å². The Balaban J connectivity index is 2.89. The first-order valence-electron chi connectivity index (χ1n) is 7.90. The molecule has 0 heterocycles. The van der Waals surface area contributed by atoms with E-state index in [2.05, 4.69) is 5.32 Å². The second-order valence-corrected chi connectivity index (χ2v) is 6.13. The SMILES string of the molecule is CCNC(=O)c1c(C)c(Cl)cc(C(C)OC)c1-c1cc(F)cc(F)c1. The molecule has 6 heteroatoms. The third-order valence-electron chi connectivity index (χ3n) is 4.06. The Labute approximate surface area is 151 Å². The van der Waals surface area contributed by atoms with Crippen LogP contribution in [0.15, 0.2) is 24.3 Å². The summed E-state index contributed by atoms with van der Waals surface area (Å²) in [5.41, 5.74) is 2.10. The summed E-state index contributed by atoms with van der Waals surface area (Å²) < 4.78 is 33.0. The van der Waals surface area contributed by atoms with Gasteiger partial charge in [0.15, 0.2) is 0 Å². The highest BCUT2D eigenvalue weighted by molar-refractivity contribution is 6.32. The zero-order valence-corrected chi connectivity index (χ0v) is 15.3. The van der Waals surface area contributed by atoms with Crippen molar-refractivity contribution in [2.75, 3.05) is 13.7 Å². The number of carbonyl (C=O) groups is 1.